The molecule has 178 valence electrons. The highest BCUT2D eigenvalue weighted by Crippen LogP contribution is 2.49. The number of piperidine rings is 1. The van der Waals surface area contributed by atoms with E-state index < -0.39 is 39.6 Å². The van der Waals surface area contributed by atoms with E-state index in [1.807, 2.05) is 0 Å². The van der Waals surface area contributed by atoms with Gasteiger partial charge in [-0.15, -0.1) is 0 Å². The van der Waals surface area contributed by atoms with Gasteiger partial charge < -0.3 is 10.2 Å². The minimum Gasteiger partial charge on any atom is -0.338 e. The Morgan fingerprint density at radius 3 is 2.45 bits per heavy atom. The highest BCUT2D eigenvalue weighted by molar-refractivity contribution is 7.89. The van der Waals surface area contributed by atoms with Crippen LogP contribution >= 0.6 is 0 Å². The van der Waals surface area contributed by atoms with Crippen molar-refractivity contribution in [1.82, 2.24) is 14.9 Å². The molecule has 1 aliphatic carbocycles. The Hall–Kier alpha value is -2.59. The molecule has 10 heteroatoms. The summed E-state index contributed by atoms with van der Waals surface area (Å²) in [5, 5.41) is 2.75. The summed E-state index contributed by atoms with van der Waals surface area (Å²) in [5.41, 5.74) is 0.327. The van der Waals surface area contributed by atoms with Crippen molar-refractivity contribution in [1.29, 1.82) is 0 Å². The fraction of sp³-hybridized carbons (Fsp3) is 0.435. The van der Waals surface area contributed by atoms with Gasteiger partial charge in [0, 0.05) is 30.3 Å². The van der Waals surface area contributed by atoms with Gasteiger partial charge in [-0.3, -0.25) is 0 Å². The van der Waals surface area contributed by atoms with Crippen molar-refractivity contribution in [3.63, 3.8) is 0 Å². The maximum atomic E-state index is 15.5. The monoisotopic (exact) mass is 481 g/mol. The van der Waals surface area contributed by atoms with Gasteiger partial charge in [0.05, 0.1) is 11.8 Å². The second kappa shape index (κ2) is 8.98. The van der Waals surface area contributed by atoms with Crippen LogP contribution in [0.5, 0.6) is 0 Å². The Morgan fingerprint density at radius 2 is 1.82 bits per heavy atom. The Morgan fingerprint density at radius 1 is 1.12 bits per heavy atom. The second-order valence-corrected chi connectivity index (χ2v) is 10.5. The lowest BCUT2D eigenvalue weighted by atomic mass is 9.94. The number of carbonyl (C=O) groups is 1. The van der Waals surface area contributed by atoms with Crippen molar-refractivity contribution < 1.29 is 26.4 Å². The van der Waals surface area contributed by atoms with Crippen LogP contribution < -0.4 is 10.0 Å². The van der Waals surface area contributed by atoms with Crippen LogP contribution in [0, 0.1) is 23.4 Å². The maximum absolute atomic E-state index is 15.5. The molecule has 2 amide bonds. The molecule has 1 aliphatic heterocycles. The zero-order valence-electron chi connectivity index (χ0n) is 18.3. The molecule has 0 aromatic heterocycles. The number of halogens is 3. The maximum Gasteiger partial charge on any atom is 0.317 e. The highest BCUT2D eigenvalue weighted by atomic mass is 32.2. The smallest absolute Gasteiger partial charge is 0.317 e. The molecule has 0 radical (unpaired) electrons. The topological polar surface area (TPSA) is 78.5 Å². The second-order valence-electron chi connectivity index (χ2n) is 8.46. The van der Waals surface area contributed by atoms with Crippen LogP contribution in [0.2, 0.25) is 0 Å². The standard InChI is InChI=1S/C23H26F3N3O3S/c1-3-27-23(30)29-19-12-18(19)22(28-33(31,32)4-2)20(29)10-13-6-5-7-17(21(13)26)14-8-15(24)11-16(25)9-14/h5-9,11,18-20,22,28H,3-4,10,12H2,1-2H3,(H,27,30)/t18-,19+,20+,22+/m0/s1. The molecule has 2 N–H and O–H groups in total. The molecule has 0 spiro atoms. The first kappa shape index (κ1) is 23.6. The largest absolute Gasteiger partial charge is 0.338 e. The number of urea groups is 1. The Bertz CT molecular complexity index is 1150. The Kier molecular flexibility index (Phi) is 6.41. The van der Waals surface area contributed by atoms with Gasteiger partial charge in [-0.1, -0.05) is 18.2 Å². The molecule has 4 rings (SSSR count). The van der Waals surface area contributed by atoms with Gasteiger partial charge in [-0.25, -0.2) is 31.1 Å². The SMILES string of the molecule is CCNC(=O)N1[C@@H]2C[C@@H]2[C@@H](NS(=O)(=O)CC)[C@H]1Cc1cccc(-c2cc(F)cc(F)c2)c1F. The minimum absolute atomic E-state index is 0.0318. The Labute approximate surface area is 191 Å². The number of carbonyl (C=O) groups excluding carboxylic acids is 1. The quantitative estimate of drug-likeness (QED) is 0.636. The molecule has 4 atom stereocenters. The van der Waals surface area contributed by atoms with E-state index in [-0.39, 0.29) is 46.9 Å². The van der Waals surface area contributed by atoms with Crippen molar-refractivity contribution in [2.24, 2.45) is 5.92 Å². The molecule has 0 unspecified atom stereocenters. The van der Waals surface area contributed by atoms with Crippen LogP contribution in [0.3, 0.4) is 0 Å². The molecule has 33 heavy (non-hydrogen) atoms. The zero-order valence-corrected chi connectivity index (χ0v) is 19.1. The number of nitrogens with one attached hydrogen (secondary N) is 2. The van der Waals surface area contributed by atoms with Crippen LogP contribution in [-0.4, -0.2) is 49.8 Å². The van der Waals surface area contributed by atoms with Crippen LogP contribution in [-0.2, 0) is 16.4 Å². The van der Waals surface area contributed by atoms with Crippen LogP contribution in [0.25, 0.3) is 11.1 Å². The van der Waals surface area contributed by atoms with Crippen molar-refractivity contribution in [3.05, 3.63) is 59.4 Å². The van der Waals surface area contributed by atoms with Gasteiger partial charge in [-0.05, 0) is 55.9 Å². The molecular formula is C23H26F3N3O3S. The van der Waals surface area contributed by atoms with Gasteiger partial charge in [0.1, 0.15) is 17.5 Å². The summed E-state index contributed by atoms with van der Waals surface area (Å²) < 4.78 is 70.2. The van der Waals surface area contributed by atoms with E-state index in [9.17, 15) is 22.0 Å². The zero-order chi connectivity index (χ0) is 23.9. The normalized spacial score (nSPS) is 24.0. The van der Waals surface area contributed by atoms with E-state index in [2.05, 4.69) is 10.0 Å². The summed E-state index contributed by atoms with van der Waals surface area (Å²) in [6, 6.07) is 5.78. The van der Waals surface area contributed by atoms with Crippen LogP contribution in [0.15, 0.2) is 36.4 Å². The van der Waals surface area contributed by atoms with Gasteiger partial charge in [0.2, 0.25) is 10.0 Å². The molecule has 1 saturated carbocycles. The average molecular weight is 482 g/mol. The average Bonchev–Trinajstić information content (AvgIpc) is 3.47. The predicted octanol–water partition coefficient (Wildman–Crippen LogP) is 3.42. The number of benzene rings is 2. The summed E-state index contributed by atoms with van der Waals surface area (Å²) in [4.78, 5) is 14.4. The highest BCUT2D eigenvalue weighted by Gasteiger charge is 2.60. The number of likely N-dealkylation sites (tertiary alicyclic amines) is 1. The van der Waals surface area contributed by atoms with Gasteiger partial charge in [-0.2, -0.15) is 0 Å². The molecule has 6 nitrogen and oxygen atoms in total. The molecule has 1 saturated heterocycles. The van der Waals surface area contributed by atoms with Crippen molar-refractivity contribution in [2.45, 2.75) is 44.8 Å². The van der Waals surface area contributed by atoms with Gasteiger partial charge in [0.25, 0.3) is 0 Å². The number of nitrogens with zero attached hydrogens (tertiary/aromatic N) is 1. The van der Waals surface area contributed by atoms with E-state index in [1.165, 1.54) is 13.0 Å². The fourth-order valence-corrected chi connectivity index (χ4v) is 5.64. The van der Waals surface area contributed by atoms with E-state index in [1.54, 1.807) is 24.0 Å². The third-order valence-corrected chi connectivity index (χ3v) is 7.73. The summed E-state index contributed by atoms with van der Waals surface area (Å²) >= 11 is 0. The number of sulfonamides is 1. The number of rotatable bonds is 7. The van der Waals surface area contributed by atoms with Gasteiger partial charge in [0.15, 0.2) is 0 Å². The van der Waals surface area contributed by atoms with E-state index in [0.29, 0.717) is 19.0 Å². The summed E-state index contributed by atoms with van der Waals surface area (Å²) in [7, 11) is -3.55. The third-order valence-electron chi connectivity index (χ3n) is 6.33. The Balaban J connectivity index is 1.69. The predicted molar refractivity (Wildman–Crippen MR) is 118 cm³/mol. The minimum atomic E-state index is -3.55. The summed E-state index contributed by atoms with van der Waals surface area (Å²) in [6.45, 7) is 3.71. The lowest BCUT2D eigenvalue weighted by molar-refractivity contribution is 0.176. The molecule has 2 aromatic carbocycles. The summed E-state index contributed by atoms with van der Waals surface area (Å²) in [6.07, 6.45) is 0.730. The number of hydrogen-bond donors (Lipinski definition) is 2. The van der Waals surface area contributed by atoms with E-state index >= 15 is 4.39 Å². The fourth-order valence-electron chi connectivity index (χ4n) is 4.73. The van der Waals surface area contributed by atoms with Crippen LogP contribution in [0.1, 0.15) is 25.8 Å². The summed E-state index contributed by atoms with van der Waals surface area (Å²) in [5.74, 6) is -2.44. The lowest BCUT2D eigenvalue weighted by Gasteiger charge is -2.32. The van der Waals surface area contributed by atoms with Crippen LogP contribution in [0.4, 0.5) is 18.0 Å². The third kappa shape index (κ3) is 4.72. The molecule has 2 fully saturated rings. The number of amides is 2. The molecule has 0 bridgehead atoms. The first-order valence-electron chi connectivity index (χ1n) is 10.9. The number of hydrogen-bond acceptors (Lipinski definition) is 3. The molecule has 2 aliphatic rings. The van der Waals surface area contributed by atoms with Crippen molar-refractivity contribution in [3.8, 4) is 11.1 Å². The molecule has 1 heterocycles. The first-order chi connectivity index (χ1) is 15.6. The van der Waals surface area contributed by atoms with Crippen molar-refractivity contribution in [2.75, 3.05) is 12.3 Å². The first-order valence-corrected chi connectivity index (χ1v) is 12.6. The van der Waals surface area contributed by atoms with Gasteiger partial charge >= 0.3 is 6.03 Å². The molecule has 2 aromatic rings. The lowest BCUT2D eigenvalue weighted by Crippen LogP contribution is -2.53. The van der Waals surface area contributed by atoms with E-state index in [4.69, 9.17) is 0 Å². The van der Waals surface area contributed by atoms with E-state index in [0.717, 1.165) is 12.1 Å². The molecular weight excluding hydrogens is 455 g/mol. The number of fused-ring (bicyclic) bond motifs is 1. The van der Waals surface area contributed by atoms with Crippen molar-refractivity contribution >= 4 is 16.1 Å².